The molecule has 1 aromatic rings. The van der Waals surface area contributed by atoms with Crippen molar-refractivity contribution in [2.24, 2.45) is 11.1 Å². The molecule has 2 N–H and O–H groups in total. The third-order valence-electron chi connectivity index (χ3n) is 2.79. The highest BCUT2D eigenvalue weighted by Gasteiger charge is 2.48. The first kappa shape index (κ1) is 8.75. The monoisotopic (exact) mass is 180 g/mol. The number of hydrogen-bond acceptors (Lipinski definition) is 3. The largest absolute Gasteiger partial charge is 0.445 e. The highest BCUT2D eigenvalue weighted by Crippen LogP contribution is 2.58. The van der Waals surface area contributed by atoms with Gasteiger partial charge in [-0.05, 0) is 11.8 Å². The highest BCUT2D eigenvalue weighted by atomic mass is 16.4. The van der Waals surface area contributed by atoms with Gasteiger partial charge in [0.1, 0.15) is 5.76 Å². The van der Waals surface area contributed by atoms with Gasteiger partial charge in [0.2, 0.25) is 0 Å². The van der Waals surface area contributed by atoms with E-state index in [-0.39, 0.29) is 0 Å². The van der Waals surface area contributed by atoms with Crippen molar-refractivity contribution in [2.75, 3.05) is 6.54 Å². The van der Waals surface area contributed by atoms with Crippen LogP contribution in [0.1, 0.15) is 37.8 Å². The van der Waals surface area contributed by atoms with Crippen molar-refractivity contribution in [3.8, 4) is 0 Å². The Morgan fingerprint density at radius 3 is 2.92 bits per heavy atom. The molecule has 3 heteroatoms. The van der Waals surface area contributed by atoms with Crippen LogP contribution in [0.5, 0.6) is 0 Å². The number of aromatic nitrogens is 1. The first-order valence-corrected chi connectivity index (χ1v) is 4.78. The molecule has 1 unspecified atom stereocenters. The lowest BCUT2D eigenvalue weighted by molar-refractivity contribution is 0.440. The van der Waals surface area contributed by atoms with Crippen LogP contribution in [0, 0.1) is 5.41 Å². The molecule has 0 radical (unpaired) electrons. The summed E-state index contributed by atoms with van der Waals surface area (Å²) in [4.78, 5) is 4.19. The molecular formula is C10H16N2O. The van der Waals surface area contributed by atoms with Crippen LogP contribution in [0.2, 0.25) is 0 Å². The first-order chi connectivity index (χ1) is 6.13. The summed E-state index contributed by atoms with van der Waals surface area (Å²) in [6.45, 7) is 5.11. The first-order valence-electron chi connectivity index (χ1n) is 4.78. The molecule has 1 aliphatic rings. The highest BCUT2D eigenvalue weighted by molar-refractivity contribution is 5.17. The second-order valence-corrected chi connectivity index (χ2v) is 4.44. The SMILES string of the molecule is CC1(C)CC1c1cnc(CCN)o1. The van der Waals surface area contributed by atoms with Crippen molar-refractivity contribution in [2.45, 2.75) is 32.6 Å². The summed E-state index contributed by atoms with van der Waals surface area (Å²) in [5.41, 5.74) is 5.83. The van der Waals surface area contributed by atoms with Crippen LogP contribution >= 0.6 is 0 Å². The minimum absolute atomic E-state index is 0.416. The van der Waals surface area contributed by atoms with Gasteiger partial charge in [0, 0.05) is 18.9 Å². The molecule has 1 heterocycles. The van der Waals surface area contributed by atoms with Gasteiger partial charge >= 0.3 is 0 Å². The Morgan fingerprint density at radius 2 is 2.38 bits per heavy atom. The second-order valence-electron chi connectivity index (χ2n) is 4.44. The quantitative estimate of drug-likeness (QED) is 0.770. The maximum absolute atomic E-state index is 5.59. The van der Waals surface area contributed by atoms with Crippen LogP contribution in [0.15, 0.2) is 10.6 Å². The molecule has 1 aromatic heterocycles. The van der Waals surface area contributed by atoms with Gasteiger partial charge in [-0.15, -0.1) is 0 Å². The van der Waals surface area contributed by atoms with E-state index in [0.717, 1.165) is 18.1 Å². The number of nitrogens with zero attached hydrogens (tertiary/aromatic N) is 1. The van der Waals surface area contributed by atoms with Gasteiger partial charge in [-0.25, -0.2) is 4.98 Å². The Bertz CT molecular complexity index is 304. The second kappa shape index (κ2) is 2.84. The lowest BCUT2D eigenvalue weighted by atomic mass is 10.1. The molecular weight excluding hydrogens is 164 g/mol. The van der Waals surface area contributed by atoms with E-state index >= 15 is 0 Å². The zero-order valence-electron chi connectivity index (χ0n) is 8.21. The van der Waals surface area contributed by atoms with E-state index < -0.39 is 0 Å². The number of nitrogens with two attached hydrogens (primary N) is 1. The fraction of sp³-hybridized carbons (Fsp3) is 0.700. The standard InChI is InChI=1S/C10H16N2O/c1-10(2)5-7(10)8-6-12-9(13-8)3-4-11/h6-7H,3-5,11H2,1-2H3. The van der Waals surface area contributed by atoms with Gasteiger partial charge in [-0.3, -0.25) is 0 Å². The molecule has 0 aromatic carbocycles. The summed E-state index contributed by atoms with van der Waals surface area (Å²) in [7, 11) is 0. The summed E-state index contributed by atoms with van der Waals surface area (Å²) < 4.78 is 5.59. The Labute approximate surface area is 78.3 Å². The molecule has 0 spiro atoms. The third kappa shape index (κ3) is 1.61. The molecule has 0 saturated heterocycles. The summed E-state index contributed by atoms with van der Waals surface area (Å²) in [6, 6.07) is 0. The zero-order valence-corrected chi connectivity index (χ0v) is 8.21. The Balaban J connectivity index is 2.07. The zero-order chi connectivity index (χ0) is 9.47. The molecule has 1 fully saturated rings. The van der Waals surface area contributed by atoms with Gasteiger partial charge < -0.3 is 10.2 Å². The molecule has 0 aliphatic heterocycles. The van der Waals surface area contributed by atoms with E-state index in [2.05, 4.69) is 18.8 Å². The number of oxazole rings is 1. The molecule has 1 atom stereocenters. The Kier molecular flexibility index (Phi) is 1.91. The minimum Gasteiger partial charge on any atom is -0.445 e. The van der Waals surface area contributed by atoms with Crippen LogP contribution < -0.4 is 5.73 Å². The Morgan fingerprint density at radius 1 is 1.69 bits per heavy atom. The van der Waals surface area contributed by atoms with Crippen LogP contribution in [-0.4, -0.2) is 11.5 Å². The maximum Gasteiger partial charge on any atom is 0.195 e. The lowest BCUT2D eigenvalue weighted by Gasteiger charge is -1.97. The lowest BCUT2D eigenvalue weighted by Crippen LogP contribution is -2.02. The van der Waals surface area contributed by atoms with Gasteiger partial charge in [-0.1, -0.05) is 13.8 Å². The molecule has 1 saturated carbocycles. The number of rotatable bonds is 3. The smallest absolute Gasteiger partial charge is 0.195 e. The van der Waals surface area contributed by atoms with E-state index in [0.29, 0.717) is 17.9 Å². The third-order valence-corrected chi connectivity index (χ3v) is 2.79. The predicted octanol–water partition coefficient (Wildman–Crippen LogP) is 1.69. The van der Waals surface area contributed by atoms with Crippen molar-refractivity contribution in [1.82, 2.24) is 4.98 Å². The molecule has 13 heavy (non-hydrogen) atoms. The van der Waals surface area contributed by atoms with Gasteiger partial charge in [-0.2, -0.15) is 0 Å². The van der Waals surface area contributed by atoms with Crippen molar-refractivity contribution in [1.29, 1.82) is 0 Å². The van der Waals surface area contributed by atoms with Crippen LogP contribution in [-0.2, 0) is 6.42 Å². The molecule has 0 amide bonds. The van der Waals surface area contributed by atoms with E-state index in [1.54, 1.807) is 0 Å². The van der Waals surface area contributed by atoms with Crippen molar-refractivity contribution in [3.05, 3.63) is 17.8 Å². The molecule has 72 valence electrons. The van der Waals surface area contributed by atoms with Crippen LogP contribution in [0.4, 0.5) is 0 Å². The number of hydrogen-bond donors (Lipinski definition) is 1. The van der Waals surface area contributed by atoms with E-state index in [4.69, 9.17) is 10.2 Å². The fourth-order valence-electron chi connectivity index (χ4n) is 1.68. The minimum atomic E-state index is 0.416. The summed E-state index contributed by atoms with van der Waals surface area (Å²) in [5.74, 6) is 2.39. The Hall–Kier alpha value is -0.830. The van der Waals surface area contributed by atoms with Gasteiger partial charge in [0.05, 0.1) is 6.20 Å². The van der Waals surface area contributed by atoms with Gasteiger partial charge in [0.15, 0.2) is 5.89 Å². The van der Waals surface area contributed by atoms with Crippen LogP contribution in [0.25, 0.3) is 0 Å². The van der Waals surface area contributed by atoms with E-state index in [1.165, 1.54) is 6.42 Å². The summed E-state index contributed by atoms with van der Waals surface area (Å²) >= 11 is 0. The predicted molar refractivity (Wildman–Crippen MR) is 50.4 cm³/mol. The summed E-state index contributed by atoms with van der Waals surface area (Å²) in [6.07, 6.45) is 3.81. The van der Waals surface area contributed by atoms with E-state index in [1.807, 2.05) is 6.20 Å². The average molecular weight is 180 g/mol. The van der Waals surface area contributed by atoms with E-state index in [9.17, 15) is 0 Å². The fourth-order valence-corrected chi connectivity index (χ4v) is 1.68. The molecule has 3 nitrogen and oxygen atoms in total. The van der Waals surface area contributed by atoms with Crippen LogP contribution in [0.3, 0.4) is 0 Å². The molecule has 1 aliphatic carbocycles. The normalized spacial score (nSPS) is 24.7. The van der Waals surface area contributed by atoms with Crippen molar-refractivity contribution in [3.63, 3.8) is 0 Å². The average Bonchev–Trinajstić information content (AvgIpc) is 2.52. The van der Waals surface area contributed by atoms with Crippen molar-refractivity contribution >= 4 is 0 Å². The maximum atomic E-state index is 5.59. The van der Waals surface area contributed by atoms with Gasteiger partial charge in [0.25, 0.3) is 0 Å². The molecule has 0 bridgehead atoms. The molecule has 2 rings (SSSR count). The topological polar surface area (TPSA) is 52.0 Å². The summed E-state index contributed by atoms with van der Waals surface area (Å²) in [5, 5.41) is 0. The van der Waals surface area contributed by atoms with Crippen molar-refractivity contribution < 1.29 is 4.42 Å².